The molecule has 0 amide bonds. The molecule has 3 nitrogen and oxygen atoms in total. The highest BCUT2D eigenvalue weighted by molar-refractivity contribution is 7.99. The number of benzene rings is 1. The van der Waals surface area contributed by atoms with Crippen LogP contribution in [-0.2, 0) is 15.3 Å². The van der Waals surface area contributed by atoms with Crippen molar-refractivity contribution in [3.05, 3.63) is 41.2 Å². The molecule has 0 bridgehead atoms. The summed E-state index contributed by atoms with van der Waals surface area (Å²) >= 11 is 1.85. The number of carboxylic acid groups (broad SMARTS) is 1. The summed E-state index contributed by atoms with van der Waals surface area (Å²) in [4.78, 5) is 10.5. The lowest BCUT2D eigenvalue weighted by Gasteiger charge is -2.21. The molecule has 2 rings (SSSR count). The molecule has 0 radical (unpaired) electrons. The Kier molecular flexibility index (Phi) is 5.61. The lowest BCUT2D eigenvalue weighted by molar-refractivity contribution is -0.131. The van der Waals surface area contributed by atoms with E-state index in [1.54, 1.807) is 12.1 Å². The SMILES string of the molecule is O=C(O)C=Cc1cc(CSC2CCOCC2)ccc1F. The molecule has 0 saturated carbocycles. The maximum atomic E-state index is 13.5. The van der Waals surface area contributed by atoms with Crippen molar-refractivity contribution in [2.45, 2.75) is 23.8 Å². The maximum Gasteiger partial charge on any atom is 0.328 e. The van der Waals surface area contributed by atoms with E-state index >= 15 is 0 Å². The highest BCUT2D eigenvalue weighted by Gasteiger charge is 2.14. The molecule has 1 aromatic carbocycles. The fourth-order valence-electron chi connectivity index (χ4n) is 2.03. The van der Waals surface area contributed by atoms with Gasteiger partial charge in [-0.3, -0.25) is 0 Å². The molecule has 1 aliphatic heterocycles. The van der Waals surface area contributed by atoms with E-state index in [0.717, 1.165) is 43.4 Å². The first-order valence-electron chi connectivity index (χ1n) is 6.54. The van der Waals surface area contributed by atoms with E-state index in [1.165, 1.54) is 12.1 Å². The van der Waals surface area contributed by atoms with Gasteiger partial charge in [-0.1, -0.05) is 6.07 Å². The van der Waals surface area contributed by atoms with Gasteiger partial charge < -0.3 is 9.84 Å². The number of carboxylic acids is 1. The zero-order chi connectivity index (χ0) is 14.4. The number of thioether (sulfide) groups is 1. The third-order valence-electron chi connectivity index (χ3n) is 3.12. The predicted molar refractivity (Wildman–Crippen MR) is 78.2 cm³/mol. The molecule has 1 aliphatic rings. The summed E-state index contributed by atoms with van der Waals surface area (Å²) in [5.74, 6) is -0.674. The average molecular weight is 296 g/mol. The van der Waals surface area contributed by atoms with Crippen molar-refractivity contribution in [2.75, 3.05) is 13.2 Å². The number of carbonyl (C=O) groups is 1. The minimum Gasteiger partial charge on any atom is -0.478 e. The van der Waals surface area contributed by atoms with Crippen LogP contribution >= 0.6 is 11.8 Å². The van der Waals surface area contributed by atoms with E-state index in [0.29, 0.717) is 10.8 Å². The molecule has 1 fully saturated rings. The van der Waals surface area contributed by atoms with Crippen LogP contribution in [0.3, 0.4) is 0 Å². The van der Waals surface area contributed by atoms with E-state index in [4.69, 9.17) is 9.84 Å². The molecule has 1 saturated heterocycles. The summed E-state index contributed by atoms with van der Waals surface area (Å²) < 4.78 is 18.9. The number of rotatable bonds is 5. The second-order valence-corrected chi connectivity index (χ2v) is 5.94. The summed E-state index contributed by atoms with van der Waals surface area (Å²) in [5.41, 5.74) is 1.32. The van der Waals surface area contributed by atoms with Gasteiger partial charge in [0, 0.05) is 35.9 Å². The van der Waals surface area contributed by atoms with Crippen LogP contribution in [0.2, 0.25) is 0 Å². The Morgan fingerprint density at radius 2 is 2.20 bits per heavy atom. The topological polar surface area (TPSA) is 46.5 Å². The lowest BCUT2D eigenvalue weighted by atomic mass is 10.1. The van der Waals surface area contributed by atoms with Crippen molar-refractivity contribution in [1.29, 1.82) is 0 Å². The first-order chi connectivity index (χ1) is 9.65. The summed E-state index contributed by atoms with van der Waals surface area (Å²) in [6.45, 7) is 1.63. The Balaban J connectivity index is 1.97. The van der Waals surface area contributed by atoms with Gasteiger partial charge in [0.05, 0.1) is 0 Å². The van der Waals surface area contributed by atoms with Crippen molar-refractivity contribution >= 4 is 23.8 Å². The molecule has 0 atom stereocenters. The normalized spacial score (nSPS) is 16.6. The Bertz CT molecular complexity index is 496. The standard InChI is InChI=1S/C15H17FO3S/c16-14-3-1-11(9-12(14)2-4-15(17)18)10-20-13-5-7-19-8-6-13/h1-4,9,13H,5-8,10H2,(H,17,18). The molecule has 20 heavy (non-hydrogen) atoms. The quantitative estimate of drug-likeness (QED) is 0.847. The van der Waals surface area contributed by atoms with Crippen molar-refractivity contribution < 1.29 is 19.0 Å². The Morgan fingerprint density at radius 1 is 1.45 bits per heavy atom. The molecule has 0 spiro atoms. The van der Waals surface area contributed by atoms with Crippen LogP contribution in [0.1, 0.15) is 24.0 Å². The number of aliphatic carboxylic acids is 1. The predicted octanol–water partition coefficient (Wildman–Crippen LogP) is 3.34. The minimum absolute atomic E-state index is 0.317. The highest BCUT2D eigenvalue weighted by Crippen LogP contribution is 2.26. The van der Waals surface area contributed by atoms with E-state index in [2.05, 4.69) is 0 Å². The number of hydrogen-bond donors (Lipinski definition) is 1. The monoisotopic (exact) mass is 296 g/mol. The van der Waals surface area contributed by atoms with Gasteiger partial charge in [-0.2, -0.15) is 11.8 Å². The number of halogens is 1. The van der Waals surface area contributed by atoms with Gasteiger partial charge in [0.25, 0.3) is 0 Å². The second kappa shape index (κ2) is 7.45. The van der Waals surface area contributed by atoms with Crippen LogP contribution in [0.15, 0.2) is 24.3 Å². The molecule has 1 heterocycles. The first kappa shape index (κ1) is 15.1. The van der Waals surface area contributed by atoms with E-state index < -0.39 is 11.8 Å². The maximum absolute atomic E-state index is 13.5. The summed E-state index contributed by atoms with van der Waals surface area (Å²) in [5, 5.41) is 9.17. The molecule has 1 aromatic rings. The molecular formula is C15H17FO3S. The lowest BCUT2D eigenvalue weighted by Crippen LogP contribution is -2.17. The van der Waals surface area contributed by atoms with Gasteiger partial charge in [-0.05, 0) is 36.6 Å². The zero-order valence-corrected chi connectivity index (χ0v) is 11.9. The van der Waals surface area contributed by atoms with Gasteiger partial charge in [0.15, 0.2) is 0 Å². The molecule has 0 unspecified atom stereocenters. The number of hydrogen-bond acceptors (Lipinski definition) is 3. The zero-order valence-electron chi connectivity index (χ0n) is 11.0. The fraction of sp³-hybridized carbons (Fsp3) is 0.400. The summed E-state index contributed by atoms with van der Waals surface area (Å²) in [6, 6.07) is 4.85. The summed E-state index contributed by atoms with van der Waals surface area (Å²) in [6.07, 6.45) is 4.35. The van der Waals surface area contributed by atoms with Crippen molar-refractivity contribution in [3.63, 3.8) is 0 Å². The molecule has 0 aromatic heterocycles. The van der Waals surface area contributed by atoms with Gasteiger partial charge >= 0.3 is 5.97 Å². The third kappa shape index (κ3) is 4.65. The molecule has 0 aliphatic carbocycles. The fourth-order valence-corrected chi connectivity index (χ4v) is 3.16. The van der Waals surface area contributed by atoms with Crippen LogP contribution in [0.25, 0.3) is 6.08 Å². The molecular weight excluding hydrogens is 279 g/mol. The second-order valence-electron chi connectivity index (χ2n) is 4.65. The molecule has 108 valence electrons. The highest BCUT2D eigenvalue weighted by atomic mass is 32.2. The van der Waals surface area contributed by atoms with E-state index in [1.807, 2.05) is 11.8 Å². The third-order valence-corrected chi connectivity index (χ3v) is 4.56. The first-order valence-corrected chi connectivity index (χ1v) is 7.59. The van der Waals surface area contributed by atoms with Gasteiger partial charge in [-0.15, -0.1) is 0 Å². The van der Waals surface area contributed by atoms with E-state index in [-0.39, 0.29) is 0 Å². The largest absolute Gasteiger partial charge is 0.478 e. The van der Waals surface area contributed by atoms with Crippen LogP contribution in [-0.4, -0.2) is 29.5 Å². The summed E-state index contributed by atoms with van der Waals surface area (Å²) in [7, 11) is 0. The average Bonchev–Trinajstić information content (AvgIpc) is 2.46. The molecule has 5 heteroatoms. The van der Waals surface area contributed by atoms with Crippen LogP contribution in [0, 0.1) is 5.82 Å². The number of ether oxygens (including phenoxy) is 1. The molecule has 1 N–H and O–H groups in total. The smallest absolute Gasteiger partial charge is 0.328 e. The van der Waals surface area contributed by atoms with Crippen molar-refractivity contribution in [1.82, 2.24) is 0 Å². The van der Waals surface area contributed by atoms with Gasteiger partial charge in [0.2, 0.25) is 0 Å². The van der Waals surface area contributed by atoms with Crippen molar-refractivity contribution in [3.8, 4) is 0 Å². The van der Waals surface area contributed by atoms with Crippen molar-refractivity contribution in [2.24, 2.45) is 0 Å². The minimum atomic E-state index is -1.08. The van der Waals surface area contributed by atoms with Crippen LogP contribution < -0.4 is 0 Å². The Hall–Kier alpha value is -1.33. The van der Waals surface area contributed by atoms with Crippen LogP contribution in [0.5, 0.6) is 0 Å². The van der Waals surface area contributed by atoms with Gasteiger partial charge in [-0.25, -0.2) is 9.18 Å². The Morgan fingerprint density at radius 3 is 2.90 bits per heavy atom. The van der Waals surface area contributed by atoms with E-state index in [9.17, 15) is 9.18 Å². The Labute approximate surface area is 121 Å². The van der Waals surface area contributed by atoms with Gasteiger partial charge in [0.1, 0.15) is 5.82 Å². The van der Waals surface area contributed by atoms with Crippen LogP contribution in [0.4, 0.5) is 4.39 Å².